The zero-order valence-electron chi connectivity index (χ0n) is 17.7. The van der Waals surface area contributed by atoms with Crippen LogP contribution in [0, 0.1) is 5.82 Å². The Morgan fingerprint density at radius 1 is 1.21 bits per heavy atom. The first-order valence-electron chi connectivity index (χ1n) is 9.44. The molecule has 178 valence electrons. The molecule has 2 heterocycles. The van der Waals surface area contributed by atoms with E-state index in [0.29, 0.717) is 9.50 Å². The van der Waals surface area contributed by atoms with E-state index in [0.717, 1.165) is 6.07 Å². The maximum Gasteiger partial charge on any atom is 0.410 e. The van der Waals surface area contributed by atoms with Gasteiger partial charge in [-0.15, -0.1) is 0 Å². The highest BCUT2D eigenvalue weighted by Gasteiger charge is 2.50. The molecule has 5 N–H and O–H groups in total. The van der Waals surface area contributed by atoms with Crippen LogP contribution in [0.1, 0.15) is 36.8 Å². The van der Waals surface area contributed by atoms with E-state index in [-0.39, 0.29) is 28.5 Å². The van der Waals surface area contributed by atoms with Gasteiger partial charge in [-0.3, -0.25) is 24.2 Å². The van der Waals surface area contributed by atoms with E-state index < -0.39 is 38.7 Å². The van der Waals surface area contributed by atoms with Gasteiger partial charge in [0.1, 0.15) is 27.6 Å². The monoisotopic (exact) mass is 562 g/mol. The molecule has 13 heteroatoms. The van der Waals surface area contributed by atoms with Crippen molar-refractivity contribution in [2.45, 2.75) is 31.1 Å². The lowest BCUT2D eigenvalue weighted by Crippen LogP contribution is -2.55. The summed E-state index contributed by atoms with van der Waals surface area (Å²) in [7, 11) is -3.46. The molecule has 0 bridgehead atoms. The van der Waals surface area contributed by atoms with E-state index in [9.17, 15) is 23.1 Å². The molecule has 0 radical (unpaired) electrons. The summed E-state index contributed by atoms with van der Waals surface area (Å²) < 4.78 is 35.4. The highest BCUT2D eigenvalue weighted by Crippen LogP contribution is 2.59. The second-order valence-electron chi connectivity index (χ2n) is 8.12. The Balaban J connectivity index is 2.03. The number of carbonyl (C=O) groups is 2. The van der Waals surface area contributed by atoms with Crippen LogP contribution >= 0.6 is 38.1 Å². The van der Waals surface area contributed by atoms with Crippen molar-refractivity contribution in [1.29, 1.82) is 0 Å². The fraction of sp³-hybridized carbons (Fsp3) is 0.300. The third kappa shape index (κ3) is 4.99. The summed E-state index contributed by atoms with van der Waals surface area (Å²) in [5, 5.41) is 14.2. The fourth-order valence-electron chi connectivity index (χ4n) is 3.35. The van der Waals surface area contributed by atoms with Crippen LogP contribution in [0.5, 0.6) is 0 Å². The number of rotatable bonds is 3. The van der Waals surface area contributed by atoms with Gasteiger partial charge >= 0.3 is 6.09 Å². The standard InChI is InChI=1S/C20H21BrClFN4O5S/c1-19(2)17(26-18(29)30)27-20(3,9-33(19,31)32)12-7-11(4-5-14(12)23)25-16(28)15-13(21)6-10(22)8-24-15/h4-8,31-32H,9H2,1-3H3,(H,25,28)(H,26,27)(H,29,30). The smallest absolute Gasteiger partial charge is 0.410 e. The second-order valence-corrected chi connectivity index (χ2v) is 12.1. The second kappa shape index (κ2) is 8.84. The van der Waals surface area contributed by atoms with E-state index in [1.54, 1.807) is 0 Å². The first-order chi connectivity index (χ1) is 15.2. The Labute approximate surface area is 204 Å². The predicted octanol–water partition coefficient (Wildman–Crippen LogP) is 5.31. The zero-order chi connectivity index (χ0) is 24.8. The molecule has 3 rings (SSSR count). The van der Waals surface area contributed by atoms with Gasteiger partial charge in [0.25, 0.3) is 5.91 Å². The minimum Gasteiger partial charge on any atom is -0.465 e. The average Bonchev–Trinajstić information content (AvgIpc) is 2.67. The molecule has 1 aromatic heterocycles. The third-order valence-electron chi connectivity index (χ3n) is 5.28. The number of aromatic nitrogens is 1. The molecule has 0 saturated carbocycles. The number of anilines is 1. The van der Waals surface area contributed by atoms with Crippen molar-refractivity contribution in [3.63, 3.8) is 0 Å². The van der Waals surface area contributed by atoms with Crippen LogP contribution in [0.15, 0.2) is 39.9 Å². The minimum absolute atomic E-state index is 0.0519. The van der Waals surface area contributed by atoms with Gasteiger partial charge in [-0.1, -0.05) is 11.6 Å². The van der Waals surface area contributed by atoms with Gasteiger partial charge in [-0.2, -0.15) is 10.6 Å². The van der Waals surface area contributed by atoms with E-state index in [1.165, 1.54) is 45.2 Å². The number of hydrogen-bond acceptors (Lipinski definition) is 6. The first-order valence-corrected chi connectivity index (χ1v) is 12.3. The molecular formula is C20H21BrClFN4O5S. The number of pyridine rings is 1. The van der Waals surface area contributed by atoms with Gasteiger partial charge in [-0.05, 0) is 61.0 Å². The number of hydrogen-bond donors (Lipinski definition) is 5. The van der Waals surface area contributed by atoms with E-state index in [1.807, 2.05) is 0 Å². The summed E-state index contributed by atoms with van der Waals surface area (Å²) in [5.74, 6) is -1.86. The average molecular weight is 564 g/mol. The fourth-order valence-corrected chi connectivity index (χ4v) is 5.94. The van der Waals surface area contributed by atoms with Crippen molar-refractivity contribution in [1.82, 2.24) is 10.3 Å². The molecule has 0 fully saturated rings. The maximum atomic E-state index is 14.9. The van der Waals surface area contributed by atoms with Crippen LogP contribution in [0.4, 0.5) is 14.9 Å². The highest BCUT2D eigenvalue weighted by molar-refractivity contribution is 9.10. The summed E-state index contributed by atoms with van der Waals surface area (Å²) in [4.78, 5) is 32.2. The van der Waals surface area contributed by atoms with Crippen LogP contribution in [0.3, 0.4) is 0 Å². The minimum atomic E-state index is -3.46. The van der Waals surface area contributed by atoms with Crippen LogP contribution in [0.25, 0.3) is 0 Å². The lowest BCUT2D eigenvalue weighted by Gasteiger charge is -2.53. The van der Waals surface area contributed by atoms with Crippen molar-refractivity contribution in [3.05, 3.63) is 57.0 Å². The molecular weight excluding hydrogens is 543 g/mol. The Kier molecular flexibility index (Phi) is 6.80. The van der Waals surface area contributed by atoms with Crippen molar-refractivity contribution < 1.29 is 28.2 Å². The number of nitrogens with zero attached hydrogens (tertiary/aromatic N) is 2. The zero-order valence-corrected chi connectivity index (χ0v) is 20.8. The van der Waals surface area contributed by atoms with Crippen LogP contribution in [0.2, 0.25) is 5.02 Å². The van der Waals surface area contributed by atoms with Crippen molar-refractivity contribution in [3.8, 4) is 0 Å². The number of carbonyl (C=O) groups excluding carboxylic acids is 1. The molecule has 2 amide bonds. The quantitative estimate of drug-likeness (QED) is 0.342. The third-order valence-corrected chi connectivity index (χ3v) is 8.88. The molecule has 1 atom stereocenters. The molecule has 2 aromatic rings. The van der Waals surface area contributed by atoms with Gasteiger partial charge in [0.05, 0.1) is 15.2 Å². The molecule has 1 aliphatic heterocycles. The van der Waals surface area contributed by atoms with Crippen LogP contribution in [-0.4, -0.2) is 47.5 Å². The highest BCUT2D eigenvalue weighted by atomic mass is 79.9. The van der Waals surface area contributed by atoms with Crippen molar-refractivity contribution >= 4 is 61.6 Å². The van der Waals surface area contributed by atoms with Gasteiger partial charge < -0.3 is 10.4 Å². The van der Waals surface area contributed by atoms with Gasteiger partial charge in [0.15, 0.2) is 0 Å². The predicted molar refractivity (Wildman–Crippen MR) is 129 cm³/mol. The molecule has 33 heavy (non-hydrogen) atoms. The topological polar surface area (TPSA) is 144 Å². The van der Waals surface area contributed by atoms with Gasteiger partial charge in [0.2, 0.25) is 0 Å². The molecule has 1 aromatic carbocycles. The normalized spacial score (nSPS) is 22.1. The summed E-state index contributed by atoms with van der Waals surface area (Å²) in [5.41, 5.74) is -1.33. The van der Waals surface area contributed by atoms with Crippen molar-refractivity contribution in [2.24, 2.45) is 4.99 Å². The maximum absolute atomic E-state index is 14.9. The lowest BCUT2D eigenvalue weighted by molar-refractivity contribution is 0.102. The Morgan fingerprint density at radius 3 is 2.48 bits per heavy atom. The van der Waals surface area contributed by atoms with Gasteiger partial charge in [0, 0.05) is 17.4 Å². The lowest BCUT2D eigenvalue weighted by atomic mass is 9.92. The number of carboxylic acid groups (broad SMARTS) is 1. The summed E-state index contributed by atoms with van der Waals surface area (Å²) in [6, 6.07) is 5.24. The van der Waals surface area contributed by atoms with E-state index in [2.05, 4.69) is 36.5 Å². The SMILES string of the molecule is CC1(c2cc(NC(=O)c3ncc(Cl)cc3Br)ccc2F)CS(O)(O)C(C)(C)C(NC(=O)O)=N1. The molecule has 0 saturated heterocycles. The largest absolute Gasteiger partial charge is 0.465 e. The summed E-state index contributed by atoms with van der Waals surface area (Å²) in [6.07, 6.45) is -0.137. The molecule has 0 spiro atoms. The van der Waals surface area contributed by atoms with Crippen LogP contribution < -0.4 is 10.6 Å². The van der Waals surface area contributed by atoms with Crippen LogP contribution in [-0.2, 0) is 5.54 Å². The molecule has 1 aliphatic rings. The van der Waals surface area contributed by atoms with E-state index >= 15 is 0 Å². The molecule has 9 nitrogen and oxygen atoms in total. The summed E-state index contributed by atoms with van der Waals surface area (Å²) >= 11 is 9.06. The van der Waals surface area contributed by atoms with E-state index in [4.69, 9.17) is 16.7 Å². The number of nitrogens with one attached hydrogen (secondary N) is 2. The number of amides is 2. The Bertz CT molecular complexity index is 1180. The molecule has 0 aliphatic carbocycles. The molecule has 1 unspecified atom stereocenters. The summed E-state index contributed by atoms with van der Waals surface area (Å²) in [6.45, 7) is 4.35. The Hall–Kier alpha value is -2.25. The number of benzene rings is 1. The number of amidine groups is 1. The van der Waals surface area contributed by atoms with Crippen molar-refractivity contribution in [2.75, 3.05) is 11.1 Å². The Morgan fingerprint density at radius 2 is 1.88 bits per heavy atom. The number of halogens is 3. The van der Waals surface area contributed by atoms with Gasteiger partial charge in [-0.25, -0.2) is 14.2 Å². The number of aliphatic imine (C=N–C) groups is 1. The first kappa shape index (κ1) is 25.4.